The summed E-state index contributed by atoms with van der Waals surface area (Å²) in [5, 5.41) is 12.6. The van der Waals surface area contributed by atoms with E-state index in [2.05, 4.69) is 21.2 Å². The van der Waals surface area contributed by atoms with Crippen molar-refractivity contribution in [1.82, 2.24) is 5.32 Å². The van der Waals surface area contributed by atoms with Gasteiger partial charge in [0.1, 0.15) is 0 Å². The van der Waals surface area contributed by atoms with Crippen molar-refractivity contribution in [3.8, 4) is 0 Å². The number of aryl methyl sites for hydroxylation is 1. The molecule has 0 unspecified atom stereocenters. The minimum Gasteiger partial charge on any atom is -0.393 e. The lowest BCUT2D eigenvalue weighted by Crippen LogP contribution is -2.32. The van der Waals surface area contributed by atoms with Crippen molar-refractivity contribution in [2.75, 3.05) is 6.54 Å². The van der Waals surface area contributed by atoms with Gasteiger partial charge >= 0.3 is 0 Å². The zero-order valence-electron chi connectivity index (χ0n) is 10.4. The lowest BCUT2D eigenvalue weighted by Gasteiger charge is -2.15. The lowest BCUT2D eigenvalue weighted by atomic mass is 10.1. The van der Waals surface area contributed by atoms with Crippen LogP contribution in [-0.2, 0) is 0 Å². The molecular formula is C14H18BrNO2. The SMILES string of the molecule is Cc1cc(Br)ccc1C(=O)NC[C@H]1CCC[C@@H]1O. The predicted octanol–water partition coefficient (Wildman–Crippen LogP) is 2.65. The molecule has 1 fully saturated rings. The number of nitrogens with one attached hydrogen (secondary N) is 1. The molecule has 1 saturated carbocycles. The van der Waals surface area contributed by atoms with E-state index in [4.69, 9.17) is 0 Å². The highest BCUT2D eigenvalue weighted by atomic mass is 79.9. The highest BCUT2D eigenvalue weighted by molar-refractivity contribution is 9.10. The molecular weight excluding hydrogens is 294 g/mol. The molecule has 0 spiro atoms. The molecule has 3 nitrogen and oxygen atoms in total. The van der Waals surface area contributed by atoms with E-state index in [1.54, 1.807) is 0 Å². The number of hydrogen-bond acceptors (Lipinski definition) is 2. The van der Waals surface area contributed by atoms with Gasteiger partial charge in [-0.05, 0) is 43.5 Å². The van der Waals surface area contributed by atoms with Crippen molar-refractivity contribution < 1.29 is 9.90 Å². The van der Waals surface area contributed by atoms with Gasteiger partial charge in [0.15, 0.2) is 0 Å². The topological polar surface area (TPSA) is 49.3 Å². The molecule has 2 atom stereocenters. The Labute approximate surface area is 116 Å². The highest BCUT2D eigenvalue weighted by Gasteiger charge is 2.25. The fraction of sp³-hybridized carbons (Fsp3) is 0.500. The maximum Gasteiger partial charge on any atom is 0.251 e. The van der Waals surface area contributed by atoms with Crippen LogP contribution in [0.3, 0.4) is 0 Å². The summed E-state index contributed by atoms with van der Waals surface area (Å²) >= 11 is 3.38. The Morgan fingerprint density at radius 2 is 2.28 bits per heavy atom. The predicted molar refractivity (Wildman–Crippen MR) is 74.6 cm³/mol. The van der Waals surface area contributed by atoms with Crippen molar-refractivity contribution in [3.63, 3.8) is 0 Å². The van der Waals surface area contributed by atoms with Crippen LogP contribution in [0.1, 0.15) is 35.2 Å². The maximum absolute atomic E-state index is 12.0. The summed E-state index contributed by atoms with van der Waals surface area (Å²) in [5.41, 5.74) is 1.65. The van der Waals surface area contributed by atoms with Crippen LogP contribution >= 0.6 is 15.9 Å². The van der Waals surface area contributed by atoms with Gasteiger partial charge in [-0.25, -0.2) is 0 Å². The number of rotatable bonds is 3. The molecule has 0 heterocycles. The van der Waals surface area contributed by atoms with Crippen molar-refractivity contribution in [2.45, 2.75) is 32.3 Å². The number of benzene rings is 1. The smallest absolute Gasteiger partial charge is 0.251 e. The van der Waals surface area contributed by atoms with Crippen molar-refractivity contribution in [3.05, 3.63) is 33.8 Å². The van der Waals surface area contributed by atoms with E-state index in [1.807, 2.05) is 25.1 Å². The zero-order chi connectivity index (χ0) is 13.1. The van der Waals surface area contributed by atoms with Gasteiger partial charge in [0.05, 0.1) is 6.10 Å². The molecule has 1 aromatic rings. The van der Waals surface area contributed by atoms with E-state index in [-0.39, 0.29) is 17.9 Å². The van der Waals surface area contributed by atoms with E-state index in [9.17, 15) is 9.90 Å². The van der Waals surface area contributed by atoms with Gasteiger partial charge in [-0.2, -0.15) is 0 Å². The first kappa shape index (κ1) is 13.6. The van der Waals surface area contributed by atoms with E-state index >= 15 is 0 Å². The van der Waals surface area contributed by atoms with Crippen LogP contribution in [0.15, 0.2) is 22.7 Å². The molecule has 98 valence electrons. The minimum atomic E-state index is -0.253. The van der Waals surface area contributed by atoms with Crippen LogP contribution in [0.5, 0.6) is 0 Å². The number of aliphatic hydroxyl groups excluding tert-OH is 1. The summed E-state index contributed by atoms with van der Waals surface area (Å²) in [4.78, 5) is 12.0. The van der Waals surface area contributed by atoms with Gasteiger partial charge in [0, 0.05) is 22.5 Å². The molecule has 0 radical (unpaired) electrons. The van der Waals surface area contributed by atoms with Crippen molar-refractivity contribution in [2.24, 2.45) is 5.92 Å². The quantitative estimate of drug-likeness (QED) is 0.901. The summed E-state index contributed by atoms with van der Waals surface area (Å²) in [6, 6.07) is 5.62. The molecule has 1 aliphatic carbocycles. The van der Waals surface area contributed by atoms with E-state index < -0.39 is 0 Å². The highest BCUT2D eigenvalue weighted by Crippen LogP contribution is 2.24. The Balaban J connectivity index is 1.95. The van der Waals surface area contributed by atoms with Gasteiger partial charge in [-0.1, -0.05) is 22.4 Å². The second kappa shape index (κ2) is 5.85. The van der Waals surface area contributed by atoms with Crippen LogP contribution in [0.25, 0.3) is 0 Å². The summed E-state index contributed by atoms with van der Waals surface area (Å²) < 4.78 is 0.975. The first-order chi connectivity index (χ1) is 8.58. The van der Waals surface area contributed by atoms with Crippen LogP contribution in [0.2, 0.25) is 0 Å². The minimum absolute atomic E-state index is 0.0564. The normalized spacial score (nSPS) is 23.1. The lowest BCUT2D eigenvalue weighted by molar-refractivity contribution is 0.0916. The molecule has 1 aromatic carbocycles. The first-order valence-corrected chi connectivity index (χ1v) is 7.09. The third-order valence-electron chi connectivity index (χ3n) is 3.58. The fourth-order valence-corrected chi connectivity index (χ4v) is 2.93. The molecule has 0 bridgehead atoms. The molecule has 18 heavy (non-hydrogen) atoms. The van der Waals surface area contributed by atoms with Crippen LogP contribution in [-0.4, -0.2) is 23.7 Å². The van der Waals surface area contributed by atoms with Gasteiger partial charge in [0.25, 0.3) is 5.91 Å². The molecule has 2 N–H and O–H groups in total. The third kappa shape index (κ3) is 3.12. The largest absolute Gasteiger partial charge is 0.393 e. The monoisotopic (exact) mass is 311 g/mol. The van der Waals surface area contributed by atoms with E-state index in [0.717, 1.165) is 29.3 Å². The molecule has 0 aliphatic heterocycles. The second-order valence-corrected chi connectivity index (χ2v) is 5.84. The van der Waals surface area contributed by atoms with Gasteiger partial charge in [-0.15, -0.1) is 0 Å². The molecule has 0 aromatic heterocycles. The molecule has 1 amide bonds. The number of carbonyl (C=O) groups excluding carboxylic acids is 1. The maximum atomic E-state index is 12.0. The molecule has 0 saturated heterocycles. The fourth-order valence-electron chi connectivity index (χ4n) is 2.46. The van der Waals surface area contributed by atoms with Crippen molar-refractivity contribution >= 4 is 21.8 Å². The van der Waals surface area contributed by atoms with Gasteiger partial charge < -0.3 is 10.4 Å². The number of hydrogen-bond donors (Lipinski definition) is 2. The summed E-state index contributed by atoms with van der Waals surface area (Å²) in [6.07, 6.45) is 2.66. The standard InChI is InChI=1S/C14H18BrNO2/c1-9-7-11(15)5-6-12(9)14(18)16-8-10-3-2-4-13(10)17/h5-7,10,13,17H,2-4,8H2,1H3,(H,16,18)/t10-,13+/m1/s1. The van der Waals surface area contributed by atoms with E-state index in [0.29, 0.717) is 12.1 Å². The van der Waals surface area contributed by atoms with Crippen LogP contribution in [0.4, 0.5) is 0 Å². The number of halogens is 1. The van der Waals surface area contributed by atoms with Crippen molar-refractivity contribution in [1.29, 1.82) is 0 Å². The average Bonchev–Trinajstić information content (AvgIpc) is 2.72. The van der Waals surface area contributed by atoms with E-state index in [1.165, 1.54) is 0 Å². The number of carbonyl (C=O) groups is 1. The van der Waals surface area contributed by atoms with Crippen LogP contribution in [0, 0.1) is 12.8 Å². The van der Waals surface area contributed by atoms with Crippen LogP contribution < -0.4 is 5.32 Å². The number of aliphatic hydroxyl groups is 1. The van der Waals surface area contributed by atoms with Gasteiger partial charge in [0.2, 0.25) is 0 Å². The number of amides is 1. The Morgan fingerprint density at radius 1 is 1.50 bits per heavy atom. The molecule has 2 rings (SSSR count). The molecule has 4 heteroatoms. The Bertz CT molecular complexity index is 447. The summed E-state index contributed by atoms with van der Waals surface area (Å²) in [7, 11) is 0. The Kier molecular flexibility index (Phi) is 4.40. The zero-order valence-corrected chi connectivity index (χ0v) is 12.0. The van der Waals surface area contributed by atoms with Gasteiger partial charge in [-0.3, -0.25) is 4.79 Å². The Hall–Kier alpha value is -0.870. The summed E-state index contributed by atoms with van der Waals surface area (Å²) in [5.74, 6) is 0.156. The second-order valence-electron chi connectivity index (χ2n) is 4.93. The Morgan fingerprint density at radius 3 is 2.89 bits per heavy atom. The average molecular weight is 312 g/mol. The summed E-state index contributed by atoms with van der Waals surface area (Å²) in [6.45, 7) is 2.49. The third-order valence-corrected chi connectivity index (χ3v) is 4.07. The molecule has 1 aliphatic rings. The first-order valence-electron chi connectivity index (χ1n) is 6.30.